The molecule has 25 heavy (non-hydrogen) atoms. The van der Waals surface area contributed by atoms with Crippen LogP contribution in [0.2, 0.25) is 0 Å². The lowest BCUT2D eigenvalue weighted by Crippen LogP contribution is -2.44. The van der Waals surface area contributed by atoms with E-state index in [0.29, 0.717) is 18.6 Å². The van der Waals surface area contributed by atoms with Gasteiger partial charge in [0, 0.05) is 25.0 Å². The van der Waals surface area contributed by atoms with Crippen LogP contribution in [0.3, 0.4) is 0 Å². The van der Waals surface area contributed by atoms with Crippen LogP contribution in [0.5, 0.6) is 11.5 Å². The van der Waals surface area contributed by atoms with E-state index in [1.165, 1.54) is 5.56 Å². The molecule has 0 saturated heterocycles. The number of ketones is 1. The first-order valence-electron chi connectivity index (χ1n) is 8.81. The van der Waals surface area contributed by atoms with Crippen LogP contribution < -0.4 is 9.47 Å². The van der Waals surface area contributed by atoms with Gasteiger partial charge in [0.05, 0.1) is 6.61 Å². The van der Waals surface area contributed by atoms with E-state index in [9.17, 15) is 9.90 Å². The summed E-state index contributed by atoms with van der Waals surface area (Å²) in [5.74, 6) is 1.39. The molecule has 1 atom stereocenters. The van der Waals surface area contributed by atoms with E-state index in [4.69, 9.17) is 9.47 Å². The summed E-state index contributed by atoms with van der Waals surface area (Å²) in [6.07, 6.45) is 1.67. The fourth-order valence-electron chi connectivity index (χ4n) is 3.31. The van der Waals surface area contributed by atoms with Crippen LogP contribution in [0, 0.1) is 0 Å². The number of rotatable bonds is 7. The van der Waals surface area contributed by atoms with E-state index >= 15 is 0 Å². The summed E-state index contributed by atoms with van der Waals surface area (Å²) >= 11 is 0. The van der Waals surface area contributed by atoms with Crippen molar-refractivity contribution in [2.75, 3.05) is 13.2 Å². The Morgan fingerprint density at radius 1 is 1.20 bits per heavy atom. The van der Waals surface area contributed by atoms with Gasteiger partial charge in [0.1, 0.15) is 11.5 Å². The third kappa shape index (κ3) is 3.40. The minimum absolute atomic E-state index is 0.0983. The lowest BCUT2D eigenvalue weighted by Gasteiger charge is -2.26. The molecular formula is C21H24O4. The summed E-state index contributed by atoms with van der Waals surface area (Å²) in [6.45, 7) is 4.49. The van der Waals surface area contributed by atoms with Gasteiger partial charge in [-0.15, -0.1) is 0 Å². The maximum atomic E-state index is 13.2. The fraction of sp³-hybridized carbons (Fsp3) is 0.381. The number of ether oxygens (including phenoxy) is 2. The SMILES string of the molecule is CCOc1ccc(C(=O)C2(CCO)Cc3ccc(CC)cc3O2)cc1. The van der Waals surface area contributed by atoms with Crippen LogP contribution in [0.15, 0.2) is 42.5 Å². The molecule has 0 aromatic heterocycles. The van der Waals surface area contributed by atoms with E-state index in [0.717, 1.165) is 23.5 Å². The van der Waals surface area contributed by atoms with Gasteiger partial charge in [-0.1, -0.05) is 19.1 Å². The van der Waals surface area contributed by atoms with Gasteiger partial charge in [-0.3, -0.25) is 4.79 Å². The zero-order valence-corrected chi connectivity index (χ0v) is 14.7. The number of hydrogen-bond donors (Lipinski definition) is 1. The minimum atomic E-state index is -1.03. The van der Waals surface area contributed by atoms with Gasteiger partial charge in [0.2, 0.25) is 5.78 Å². The Hall–Kier alpha value is -2.33. The van der Waals surface area contributed by atoms with Crippen molar-refractivity contribution in [2.45, 2.75) is 38.7 Å². The third-order valence-electron chi connectivity index (χ3n) is 4.68. The van der Waals surface area contributed by atoms with E-state index in [-0.39, 0.29) is 18.8 Å². The molecule has 1 unspecified atom stereocenters. The smallest absolute Gasteiger partial charge is 0.206 e. The van der Waals surface area contributed by atoms with Gasteiger partial charge >= 0.3 is 0 Å². The number of aryl methyl sites for hydroxylation is 1. The largest absolute Gasteiger partial charge is 0.494 e. The first-order chi connectivity index (χ1) is 12.1. The fourth-order valence-corrected chi connectivity index (χ4v) is 3.31. The molecule has 2 aromatic carbocycles. The van der Waals surface area contributed by atoms with E-state index < -0.39 is 5.60 Å². The number of aliphatic hydroxyl groups excluding tert-OH is 1. The highest BCUT2D eigenvalue weighted by atomic mass is 16.5. The van der Waals surface area contributed by atoms with Crippen molar-refractivity contribution < 1.29 is 19.4 Å². The highest BCUT2D eigenvalue weighted by Crippen LogP contribution is 2.39. The number of aliphatic hydroxyl groups is 1. The quantitative estimate of drug-likeness (QED) is 0.783. The van der Waals surface area contributed by atoms with E-state index in [1.54, 1.807) is 24.3 Å². The second kappa shape index (κ2) is 7.28. The number of fused-ring (bicyclic) bond motifs is 1. The van der Waals surface area contributed by atoms with Crippen molar-refractivity contribution in [2.24, 2.45) is 0 Å². The van der Waals surface area contributed by atoms with Crippen molar-refractivity contribution >= 4 is 5.78 Å². The summed E-state index contributed by atoms with van der Waals surface area (Å²) in [6, 6.07) is 13.2. The summed E-state index contributed by atoms with van der Waals surface area (Å²) in [4.78, 5) is 13.2. The molecule has 0 saturated carbocycles. The molecule has 1 aliphatic rings. The van der Waals surface area contributed by atoms with Crippen LogP contribution >= 0.6 is 0 Å². The molecule has 0 aliphatic carbocycles. The Balaban J connectivity index is 1.89. The molecule has 4 heteroatoms. The highest BCUT2D eigenvalue weighted by Gasteiger charge is 2.46. The number of hydrogen-bond acceptors (Lipinski definition) is 4. The number of benzene rings is 2. The molecule has 0 fully saturated rings. The van der Waals surface area contributed by atoms with E-state index in [2.05, 4.69) is 13.0 Å². The molecule has 3 rings (SSSR count). The molecule has 0 spiro atoms. The highest BCUT2D eigenvalue weighted by molar-refractivity contribution is 6.03. The van der Waals surface area contributed by atoms with Crippen LogP contribution in [0.4, 0.5) is 0 Å². The average Bonchev–Trinajstić information content (AvgIpc) is 3.00. The van der Waals surface area contributed by atoms with Gasteiger partial charge in [-0.2, -0.15) is 0 Å². The first kappa shape index (κ1) is 17.5. The number of carbonyl (C=O) groups is 1. The van der Waals surface area contributed by atoms with Gasteiger partial charge < -0.3 is 14.6 Å². The zero-order valence-electron chi connectivity index (χ0n) is 14.7. The van der Waals surface area contributed by atoms with Crippen molar-refractivity contribution in [1.29, 1.82) is 0 Å². The molecule has 0 amide bonds. The standard InChI is InChI=1S/C21H24O4/c1-3-15-5-6-17-14-21(11-12-22,25-19(17)13-15)20(23)16-7-9-18(10-8-16)24-4-2/h5-10,13,22H,3-4,11-12,14H2,1-2H3. The van der Waals surface area contributed by atoms with Gasteiger partial charge in [-0.05, 0) is 54.8 Å². The molecule has 0 radical (unpaired) electrons. The Bertz CT molecular complexity index is 751. The summed E-state index contributed by atoms with van der Waals surface area (Å²) in [5.41, 5.74) is 1.73. The van der Waals surface area contributed by atoms with Crippen LogP contribution in [0.1, 0.15) is 41.8 Å². The van der Waals surface area contributed by atoms with Crippen molar-refractivity contribution in [3.63, 3.8) is 0 Å². The van der Waals surface area contributed by atoms with Gasteiger partial charge in [-0.25, -0.2) is 0 Å². The monoisotopic (exact) mass is 340 g/mol. The van der Waals surface area contributed by atoms with Crippen molar-refractivity contribution in [3.05, 3.63) is 59.2 Å². The van der Waals surface area contributed by atoms with Gasteiger partial charge in [0.25, 0.3) is 0 Å². The lowest BCUT2D eigenvalue weighted by molar-refractivity contribution is 0.0427. The number of carbonyl (C=O) groups excluding carboxylic acids is 1. The Kier molecular flexibility index (Phi) is 5.09. The second-order valence-electron chi connectivity index (χ2n) is 6.33. The molecule has 1 heterocycles. The predicted molar refractivity (Wildman–Crippen MR) is 96.5 cm³/mol. The molecule has 1 N–H and O–H groups in total. The first-order valence-corrected chi connectivity index (χ1v) is 8.81. The lowest BCUT2D eigenvalue weighted by atomic mass is 9.86. The zero-order chi connectivity index (χ0) is 17.9. The van der Waals surface area contributed by atoms with Crippen LogP contribution in [0.25, 0.3) is 0 Å². The average molecular weight is 340 g/mol. The molecule has 2 aromatic rings. The molecule has 132 valence electrons. The van der Waals surface area contributed by atoms with Crippen molar-refractivity contribution in [3.8, 4) is 11.5 Å². The van der Waals surface area contributed by atoms with Crippen LogP contribution in [-0.4, -0.2) is 29.7 Å². The predicted octanol–water partition coefficient (Wildman–Crippen LogP) is 3.59. The summed E-state index contributed by atoms with van der Waals surface area (Å²) in [7, 11) is 0. The normalized spacial score (nSPS) is 18.5. The Morgan fingerprint density at radius 2 is 1.96 bits per heavy atom. The maximum absolute atomic E-state index is 13.2. The summed E-state index contributed by atoms with van der Waals surface area (Å²) in [5, 5.41) is 9.53. The maximum Gasteiger partial charge on any atom is 0.206 e. The molecular weight excluding hydrogens is 316 g/mol. The third-order valence-corrected chi connectivity index (χ3v) is 4.68. The minimum Gasteiger partial charge on any atom is -0.494 e. The molecule has 1 aliphatic heterocycles. The number of Topliss-reactive ketones (excluding diaryl/α,β-unsaturated/α-hetero) is 1. The Labute approximate surface area is 148 Å². The summed E-state index contributed by atoms with van der Waals surface area (Å²) < 4.78 is 11.6. The van der Waals surface area contributed by atoms with Crippen molar-refractivity contribution in [1.82, 2.24) is 0 Å². The van der Waals surface area contributed by atoms with Crippen LogP contribution in [-0.2, 0) is 12.8 Å². The topological polar surface area (TPSA) is 55.8 Å². The Morgan fingerprint density at radius 3 is 2.60 bits per heavy atom. The second-order valence-corrected chi connectivity index (χ2v) is 6.33. The van der Waals surface area contributed by atoms with Gasteiger partial charge in [0.15, 0.2) is 5.60 Å². The molecule has 4 nitrogen and oxygen atoms in total. The van der Waals surface area contributed by atoms with E-state index in [1.807, 2.05) is 19.1 Å². The molecule has 0 bridgehead atoms.